The van der Waals surface area contributed by atoms with Gasteiger partial charge in [0, 0.05) is 16.5 Å². The van der Waals surface area contributed by atoms with Crippen LogP contribution in [0.15, 0.2) is 30.3 Å². The number of hydrogen-bond donors (Lipinski definition) is 2. The van der Waals surface area contributed by atoms with E-state index < -0.39 is 0 Å². The van der Waals surface area contributed by atoms with Crippen LogP contribution in [0.1, 0.15) is 47.1 Å². The van der Waals surface area contributed by atoms with E-state index in [1.165, 1.54) is 11.3 Å². The van der Waals surface area contributed by atoms with Crippen LogP contribution in [0, 0.1) is 0 Å². The van der Waals surface area contributed by atoms with E-state index in [2.05, 4.69) is 15.6 Å². The second-order valence-corrected chi connectivity index (χ2v) is 6.99. The van der Waals surface area contributed by atoms with Gasteiger partial charge in [-0.3, -0.25) is 14.9 Å². The highest BCUT2D eigenvalue weighted by molar-refractivity contribution is 7.16. The summed E-state index contributed by atoms with van der Waals surface area (Å²) in [5.74, 6) is -0.364. The highest BCUT2D eigenvalue weighted by Crippen LogP contribution is 2.38. The fourth-order valence-electron chi connectivity index (χ4n) is 2.68. The number of fused-ring (bicyclic) bond motifs is 1. The second-order valence-electron chi connectivity index (χ2n) is 5.90. The van der Waals surface area contributed by atoms with Gasteiger partial charge in [-0.05, 0) is 38.8 Å². The SMILES string of the molecule is CC(C)NC(=O)C1CCc2sc(NC(=O)c3ccccc3)nc21. The van der Waals surface area contributed by atoms with Crippen molar-refractivity contribution in [2.75, 3.05) is 5.32 Å². The van der Waals surface area contributed by atoms with Gasteiger partial charge in [-0.2, -0.15) is 0 Å². The van der Waals surface area contributed by atoms with Gasteiger partial charge in [-0.25, -0.2) is 4.98 Å². The third kappa shape index (κ3) is 3.42. The Balaban J connectivity index is 1.73. The first-order valence-corrected chi connectivity index (χ1v) is 8.52. The average molecular weight is 329 g/mol. The second kappa shape index (κ2) is 6.50. The van der Waals surface area contributed by atoms with Crippen LogP contribution >= 0.6 is 11.3 Å². The largest absolute Gasteiger partial charge is 0.353 e. The van der Waals surface area contributed by atoms with Gasteiger partial charge in [-0.1, -0.05) is 18.2 Å². The number of anilines is 1. The number of rotatable bonds is 4. The summed E-state index contributed by atoms with van der Waals surface area (Å²) in [7, 11) is 0. The molecule has 0 saturated carbocycles. The monoisotopic (exact) mass is 329 g/mol. The summed E-state index contributed by atoms with van der Waals surface area (Å²) in [6.07, 6.45) is 1.63. The number of benzene rings is 1. The molecule has 0 bridgehead atoms. The van der Waals surface area contributed by atoms with Gasteiger partial charge in [-0.15, -0.1) is 11.3 Å². The number of thiazole rings is 1. The van der Waals surface area contributed by atoms with Crippen molar-refractivity contribution in [1.29, 1.82) is 0 Å². The van der Waals surface area contributed by atoms with Crippen LogP contribution in [0.3, 0.4) is 0 Å². The van der Waals surface area contributed by atoms with Gasteiger partial charge in [0.25, 0.3) is 5.91 Å². The molecule has 0 aliphatic heterocycles. The van der Waals surface area contributed by atoms with Crippen molar-refractivity contribution in [2.24, 2.45) is 0 Å². The number of nitrogens with one attached hydrogen (secondary N) is 2. The molecule has 1 aromatic carbocycles. The van der Waals surface area contributed by atoms with Gasteiger partial charge in [0.1, 0.15) is 0 Å². The number of hydrogen-bond acceptors (Lipinski definition) is 4. The van der Waals surface area contributed by atoms with Crippen molar-refractivity contribution in [3.05, 3.63) is 46.5 Å². The average Bonchev–Trinajstić information content (AvgIpc) is 3.07. The summed E-state index contributed by atoms with van der Waals surface area (Å²) in [6.45, 7) is 3.89. The molecule has 1 heterocycles. The molecule has 1 aliphatic rings. The topological polar surface area (TPSA) is 71.1 Å². The molecule has 1 unspecified atom stereocenters. The molecule has 2 N–H and O–H groups in total. The van der Waals surface area contributed by atoms with Crippen LogP contribution in [0.5, 0.6) is 0 Å². The molecule has 0 radical (unpaired) electrons. The molecule has 3 rings (SSSR count). The minimum absolute atomic E-state index is 0.0185. The van der Waals surface area contributed by atoms with Crippen molar-refractivity contribution < 1.29 is 9.59 Å². The number of carbonyl (C=O) groups excluding carboxylic acids is 2. The van der Waals surface area contributed by atoms with Crippen LogP contribution in [0.25, 0.3) is 0 Å². The van der Waals surface area contributed by atoms with Crippen molar-refractivity contribution in [3.8, 4) is 0 Å². The Labute approximate surface area is 139 Å². The lowest BCUT2D eigenvalue weighted by Crippen LogP contribution is -2.34. The molecular weight excluding hydrogens is 310 g/mol. The lowest BCUT2D eigenvalue weighted by Gasteiger charge is -2.13. The van der Waals surface area contributed by atoms with E-state index in [1.807, 2.05) is 32.0 Å². The Morgan fingerprint density at radius 3 is 2.70 bits per heavy atom. The van der Waals surface area contributed by atoms with Crippen LogP contribution < -0.4 is 10.6 Å². The van der Waals surface area contributed by atoms with E-state index >= 15 is 0 Å². The van der Waals surface area contributed by atoms with Gasteiger partial charge in [0.15, 0.2) is 5.13 Å². The Hall–Kier alpha value is -2.21. The molecule has 0 spiro atoms. The van der Waals surface area contributed by atoms with Crippen LogP contribution in [-0.4, -0.2) is 22.8 Å². The summed E-state index contributed by atoms with van der Waals surface area (Å²) >= 11 is 1.46. The molecule has 0 fully saturated rings. The molecule has 2 amide bonds. The standard InChI is InChI=1S/C17H19N3O2S/c1-10(2)18-16(22)12-8-9-13-14(12)19-17(23-13)20-15(21)11-6-4-3-5-7-11/h3-7,10,12H,8-9H2,1-2H3,(H,18,22)(H,19,20,21). The minimum atomic E-state index is -0.203. The normalized spacial score (nSPS) is 16.2. The number of amides is 2. The number of aromatic nitrogens is 1. The molecule has 1 aromatic heterocycles. The molecule has 0 saturated heterocycles. The lowest BCUT2D eigenvalue weighted by atomic mass is 10.1. The molecule has 120 valence electrons. The summed E-state index contributed by atoms with van der Waals surface area (Å²) in [5, 5.41) is 6.33. The van der Waals surface area contributed by atoms with E-state index in [-0.39, 0.29) is 23.8 Å². The summed E-state index contributed by atoms with van der Waals surface area (Å²) < 4.78 is 0. The van der Waals surface area contributed by atoms with Crippen molar-refractivity contribution in [2.45, 2.75) is 38.6 Å². The lowest BCUT2D eigenvalue weighted by molar-refractivity contribution is -0.123. The Morgan fingerprint density at radius 2 is 2.00 bits per heavy atom. The maximum atomic E-state index is 12.2. The van der Waals surface area contributed by atoms with Gasteiger partial charge >= 0.3 is 0 Å². The highest BCUT2D eigenvalue weighted by atomic mass is 32.1. The van der Waals surface area contributed by atoms with E-state index in [4.69, 9.17) is 0 Å². The Bertz CT molecular complexity index is 725. The zero-order valence-electron chi connectivity index (χ0n) is 13.1. The van der Waals surface area contributed by atoms with Gasteiger partial charge in [0.05, 0.1) is 11.6 Å². The van der Waals surface area contributed by atoms with Crippen LogP contribution in [0.4, 0.5) is 5.13 Å². The third-order valence-electron chi connectivity index (χ3n) is 3.72. The van der Waals surface area contributed by atoms with Gasteiger partial charge in [0.2, 0.25) is 5.91 Å². The van der Waals surface area contributed by atoms with E-state index in [0.717, 1.165) is 23.4 Å². The van der Waals surface area contributed by atoms with Crippen LogP contribution in [0.2, 0.25) is 0 Å². The fourth-order valence-corrected chi connectivity index (χ4v) is 3.71. The smallest absolute Gasteiger partial charge is 0.257 e. The molecule has 5 nitrogen and oxygen atoms in total. The Kier molecular flexibility index (Phi) is 4.43. The van der Waals surface area contributed by atoms with E-state index in [0.29, 0.717) is 10.7 Å². The maximum absolute atomic E-state index is 12.2. The zero-order chi connectivity index (χ0) is 16.4. The first-order valence-electron chi connectivity index (χ1n) is 7.71. The number of nitrogens with zero attached hydrogens (tertiary/aromatic N) is 1. The molecule has 6 heteroatoms. The summed E-state index contributed by atoms with van der Waals surface area (Å²) in [6, 6.07) is 9.14. The first-order chi connectivity index (χ1) is 11.0. The van der Waals surface area contributed by atoms with E-state index in [9.17, 15) is 9.59 Å². The third-order valence-corrected chi connectivity index (χ3v) is 4.77. The molecule has 1 aliphatic carbocycles. The summed E-state index contributed by atoms with van der Waals surface area (Å²) in [4.78, 5) is 30.0. The Morgan fingerprint density at radius 1 is 1.26 bits per heavy atom. The van der Waals surface area contributed by atoms with Crippen molar-refractivity contribution in [3.63, 3.8) is 0 Å². The molecule has 23 heavy (non-hydrogen) atoms. The first kappa shape index (κ1) is 15.7. The summed E-state index contributed by atoms with van der Waals surface area (Å²) in [5.41, 5.74) is 1.41. The van der Waals surface area contributed by atoms with E-state index in [1.54, 1.807) is 12.1 Å². The maximum Gasteiger partial charge on any atom is 0.257 e. The quantitative estimate of drug-likeness (QED) is 0.906. The fraction of sp³-hybridized carbons (Fsp3) is 0.353. The molecular formula is C17H19N3O2S. The molecule has 2 aromatic rings. The predicted molar refractivity (Wildman–Crippen MR) is 90.8 cm³/mol. The highest BCUT2D eigenvalue weighted by Gasteiger charge is 2.33. The predicted octanol–water partition coefficient (Wildman–Crippen LogP) is 2.95. The van der Waals surface area contributed by atoms with Crippen molar-refractivity contribution in [1.82, 2.24) is 10.3 Å². The van der Waals surface area contributed by atoms with Crippen molar-refractivity contribution >= 4 is 28.3 Å². The minimum Gasteiger partial charge on any atom is -0.353 e. The van der Waals surface area contributed by atoms with Crippen LogP contribution in [-0.2, 0) is 11.2 Å². The number of aryl methyl sites for hydroxylation is 1. The molecule has 1 atom stereocenters. The number of carbonyl (C=O) groups is 2. The van der Waals surface area contributed by atoms with Gasteiger partial charge < -0.3 is 5.32 Å². The zero-order valence-corrected chi connectivity index (χ0v) is 13.9.